The molecule has 170 valence electrons. The minimum Gasteiger partial charge on any atom is -0.338 e. The summed E-state index contributed by atoms with van der Waals surface area (Å²) in [4.78, 5) is 24.7. The number of nitrogens with one attached hydrogen (secondary N) is 3. The highest BCUT2D eigenvalue weighted by atomic mass is 16.1. The molecule has 1 aliphatic carbocycles. The lowest BCUT2D eigenvalue weighted by molar-refractivity contribution is -0.117. The Morgan fingerprint density at radius 3 is 2.82 bits per heavy atom. The van der Waals surface area contributed by atoms with Crippen molar-refractivity contribution in [1.29, 1.82) is 0 Å². The number of amides is 1. The lowest BCUT2D eigenvalue weighted by Gasteiger charge is -2.20. The molecule has 0 saturated heterocycles. The Bertz CT molecular complexity index is 1440. The number of fused-ring (bicyclic) bond motifs is 2. The van der Waals surface area contributed by atoms with E-state index in [2.05, 4.69) is 42.6 Å². The highest BCUT2D eigenvalue weighted by Gasteiger charge is 2.17. The second kappa shape index (κ2) is 8.74. The molecular weight excluding hydrogens is 424 g/mol. The second-order valence-electron chi connectivity index (χ2n) is 9.18. The first-order valence-electron chi connectivity index (χ1n) is 11.9. The Hall–Kier alpha value is -4.00. The number of rotatable bonds is 5. The maximum absolute atomic E-state index is 12.6. The zero-order chi connectivity index (χ0) is 22.9. The molecule has 1 amide bonds. The van der Waals surface area contributed by atoms with Crippen molar-refractivity contribution in [3.05, 3.63) is 61.1 Å². The molecule has 34 heavy (non-hydrogen) atoms. The highest BCUT2D eigenvalue weighted by Crippen LogP contribution is 2.32. The quantitative estimate of drug-likeness (QED) is 0.302. The molecule has 5 aromatic rings. The van der Waals surface area contributed by atoms with E-state index in [0.717, 1.165) is 63.0 Å². The monoisotopic (exact) mass is 450 g/mol. The van der Waals surface area contributed by atoms with Gasteiger partial charge in [0.15, 0.2) is 0 Å². The van der Waals surface area contributed by atoms with E-state index >= 15 is 0 Å². The van der Waals surface area contributed by atoms with Crippen LogP contribution in [0.4, 0.5) is 5.69 Å². The number of nitrogens with zero attached hydrogens (tertiary/aromatic N) is 3. The molecule has 1 aromatic carbocycles. The number of benzene rings is 1. The summed E-state index contributed by atoms with van der Waals surface area (Å²) in [6.07, 6.45) is 12.0. The first-order valence-corrected chi connectivity index (χ1v) is 11.9. The van der Waals surface area contributed by atoms with Crippen LogP contribution in [0.3, 0.4) is 0 Å². The third kappa shape index (κ3) is 4.05. The number of aromatic amines is 2. The number of aromatic nitrogens is 5. The molecule has 4 heterocycles. The van der Waals surface area contributed by atoms with Crippen LogP contribution < -0.4 is 5.32 Å². The van der Waals surface area contributed by atoms with Gasteiger partial charge in [0, 0.05) is 35.2 Å². The number of carbonyl (C=O) groups excluding carboxylic acids is 1. The molecule has 1 saturated carbocycles. The van der Waals surface area contributed by atoms with E-state index in [1.165, 1.54) is 19.3 Å². The zero-order valence-corrected chi connectivity index (χ0v) is 18.8. The van der Waals surface area contributed by atoms with E-state index < -0.39 is 0 Å². The van der Waals surface area contributed by atoms with Gasteiger partial charge < -0.3 is 10.3 Å². The third-order valence-corrected chi connectivity index (χ3v) is 6.76. The standard InChI is InChI=1S/C27H26N6O/c34-25(11-17-5-2-1-3-6-17)30-21-12-20(15-28-16-21)18-8-9-23-22(13-18)26(33-32-23)24-14-19-7-4-10-29-27(19)31-24/h4,7-10,12-17H,1-3,5-6,11H2,(H,29,31)(H,30,34)(H,32,33). The Morgan fingerprint density at radius 1 is 1.03 bits per heavy atom. The van der Waals surface area contributed by atoms with Gasteiger partial charge in [-0.3, -0.25) is 14.9 Å². The van der Waals surface area contributed by atoms with Gasteiger partial charge in [-0.05, 0) is 60.7 Å². The van der Waals surface area contributed by atoms with Crippen LogP contribution in [-0.4, -0.2) is 31.1 Å². The summed E-state index contributed by atoms with van der Waals surface area (Å²) in [5.74, 6) is 0.581. The minimum atomic E-state index is 0.0749. The largest absolute Gasteiger partial charge is 0.338 e. The predicted octanol–water partition coefficient (Wildman–Crippen LogP) is 6.08. The van der Waals surface area contributed by atoms with Gasteiger partial charge in [0.2, 0.25) is 5.91 Å². The summed E-state index contributed by atoms with van der Waals surface area (Å²) < 4.78 is 0. The average Bonchev–Trinajstić information content (AvgIpc) is 3.48. The van der Waals surface area contributed by atoms with Gasteiger partial charge >= 0.3 is 0 Å². The van der Waals surface area contributed by atoms with Gasteiger partial charge in [-0.25, -0.2) is 4.98 Å². The van der Waals surface area contributed by atoms with Crippen LogP contribution in [0.15, 0.2) is 61.1 Å². The van der Waals surface area contributed by atoms with E-state index in [0.29, 0.717) is 12.3 Å². The number of hydrogen-bond acceptors (Lipinski definition) is 4. The number of pyridine rings is 2. The van der Waals surface area contributed by atoms with E-state index in [1.807, 2.05) is 36.5 Å². The van der Waals surface area contributed by atoms with Gasteiger partial charge in [-0.15, -0.1) is 0 Å². The Morgan fingerprint density at radius 2 is 1.94 bits per heavy atom. The van der Waals surface area contributed by atoms with Gasteiger partial charge in [0.05, 0.1) is 23.1 Å². The summed E-state index contributed by atoms with van der Waals surface area (Å²) >= 11 is 0. The van der Waals surface area contributed by atoms with Crippen molar-refractivity contribution in [3.8, 4) is 22.5 Å². The molecule has 3 N–H and O–H groups in total. The highest BCUT2D eigenvalue weighted by molar-refractivity contribution is 5.97. The van der Waals surface area contributed by atoms with E-state index in [4.69, 9.17) is 0 Å². The maximum Gasteiger partial charge on any atom is 0.224 e. The van der Waals surface area contributed by atoms with Crippen molar-refractivity contribution in [2.75, 3.05) is 5.32 Å². The number of anilines is 1. The molecular formula is C27H26N6O. The van der Waals surface area contributed by atoms with Crippen LogP contribution in [0.25, 0.3) is 44.5 Å². The van der Waals surface area contributed by atoms with Crippen molar-refractivity contribution in [2.24, 2.45) is 5.92 Å². The molecule has 6 rings (SSSR count). The molecule has 0 radical (unpaired) electrons. The van der Waals surface area contributed by atoms with Crippen LogP contribution in [0.5, 0.6) is 0 Å². The number of H-pyrrole nitrogens is 2. The maximum atomic E-state index is 12.6. The third-order valence-electron chi connectivity index (χ3n) is 6.76. The fourth-order valence-electron chi connectivity index (χ4n) is 5.02. The molecule has 0 unspecified atom stereocenters. The fraction of sp³-hybridized carbons (Fsp3) is 0.259. The summed E-state index contributed by atoms with van der Waals surface area (Å²) in [5, 5.41) is 12.8. The molecule has 0 aliphatic heterocycles. The van der Waals surface area contributed by atoms with Crippen molar-refractivity contribution < 1.29 is 4.79 Å². The van der Waals surface area contributed by atoms with Gasteiger partial charge in [-0.2, -0.15) is 5.10 Å². The van der Waals surface area contributed by atoms with Crippen molar-refractivity contribution >= 4 is 33.5 Å². The Labute approximate surface area is 197 Å². The van der Waals surface area contributed by atoms with Crippen LogP contribution in [0, 0.1) is 5.92 Å². The molecule has 0 atom stereocenters. The summed E-state index contributed by atoms with van der Waals surface area (Å²) in [5.41, 5.74) is 6.25. The number of hydrogen-bond donors (Lipinski definition) is 3. The van der Waals surface area contributed by atoms with Gasteiger partial charge in [0.25, 0.3) is 0 Å². The molecule has 0 spiro atoms. The van der Waals surface area contributed by atoms with Gasteiger partial charge in [0.1, 0.15) is 11.3 Å². The Kier molecular flexibility index (Phi) is 5.30. The average molecular weight is 451 g/mol. The minimum absolute atomic E-state index is 0.0749. The predicted molar refractivity (Wildman–Crippen MR) is 134 cm³/mol. The van der Waals surface area contributed by atoms with Crippen LogP contribution in [0.2, 0.25) is 0 Å². The normalized spacial score (nSPS) is 14.6. The molecule has 1 aliphatic rings. The van der Waals surface area contributed by atoms with E-state index in [-0.39, 0.29) is 5.91 Å². The molecule has 7 nitrogen and oxygen atoms in total. The van der Waals surface area contributed by atoms with Crippen molar-refractivity contribution in [3.63, 3.8) is 0 Å². The molecule has 7 heteroatoms. The fourth-order valence-corrected chi connectivity index (χ4v) is 5.02. The molecule has 0 bridgehead atoms. The van der Waals surface area contributed by atoms with Crippen molar-refractivity contribution in [2.45, 2.75) is 38.5 Å². The topological polar surface area (TPSA) is 99.3 Å². The first-order chi connectivity index (χ1) is 16.7. The number of carbonyl (C=O) groups is 1. The van der Waals surface area contributed by atoms with E-state index in [1.54, 1.807) is 12.4 Å². The molecule has 4 aromatic heterocycles. The SMILES string of the molecule is O=C(CC1CCCCC1)Nc1cncc(-c2ccc3[nH]nc(-c4cc5cccnc5[nH]4)c3c2)c1. The van der Waals surface area contributed by atoms with Crippen LogP contribution in [0.1, 0.15) is 38.5 Å². The Balaban J connectivity index is 1.27. The summed E-state index contributed by atoms with van der Waals surface area (Å²) in [7, 11) is 0. The van der Waals surface area contributed by atoms with Crippen LogP contribution >= 0.6 is 0 Å². The second-order valence-corrected chi connectivity index (χ2v) is 9.18. The van der Waals surface area contributed by atoms with E-state index in [9.17, 15) is 4.79 Å². The summed E-state index contributed by atoms with van der Waals surface area (Å²) in [6, 6.07) is 14.2. The summed E-state index contributed by atoms with van der Waals surface area (Å²) in [6.45, 7) is 0. The van der Waals surface area contributed by atoms with Gasteiger partial charge in [-0.1, -0.05) is 25.3 Å². The van der Waals surface area contributed by atoms with Crippen molar-refractivity contribution in [1.82, 2.24) is 25.1 Å². The lowest BCUT2D eigenvalue weighted by atomic mass is 9.87. The lowest BCUT2D eigenvalue weighted by Crippen LogP contribution is -2.18. The smallest absolute Gasteiger partial charge is 0.224 e. The zero-order valence-electron chi connectivity index (χ0n) is 18.8. The first kappa shape index (κ1) is 20.6. The molecule has 1 fully saturated rings. The van der Waals surface area contributed by atoms with Crippen LogP contribution in [-0.2, 0) is 4.79 Å².